The molecule has 8 heteroatoms. The molecule has 0 radical (unpaired) electrons. The fraction of sp³-hybridized carbons (Fsp3) is 0.150. The molecule has 1 aromatic heterocycles. The van der Waals surface area contributed by atoms with Gasteiger partial charge in [-0.1, -0.05) is 30.3 Å². The second-order valence-electron chi connectivity index (χ2n) is 6.22. The number of nitrogens with one attached hydrogen (secondary N) is 1. The minimum absolute atomic E-state index is 0.0202. The average Bonchev–Trinajstić information content (AvgIpc) is 2.68. The van der Waals surface area contributed by atoms with E-state index in [1.165, 1.54) is 24.7 Å². The molecule has 0 saturated carbocycles. The van der Waals surface area contributed by atoms with Gasteiger partial charge < -0.3 is 4.74 Å². The fourth-order valence-electron chi connectivity index (χ4n) is 2.48. The molecule has 2 aromatic carbocycles. The summed E-state index contributed by atoms with van der Waals surface area (Å²) in [4.78, 5) is 20.5. The van der Waals surface area contributed by atoms with Crippen LogP contribution in [0.1, 0.15) is 29.8 Å². The van der Waals surface area contributed by atoms with E-state index in [0.29, 0.717) is 11.3 Å². The number of hydrogen-bond donors (Lipinski definition) is 1. The first-order chi connectivity index (χ1) is 13.4. The Morgan fingerprint density at radius 1 is 1.04 bits per heavy atom. The number of carbonyl (C=O) groups excluding carboxylic acids is 1. The van der Waals surface area contributed by atoms with Gasteiger partial charge in [0.05, 0.1) is 16.6 Å². The van der Waals surface area contributed by atoms with Gasteiger partial charge in [-0.15, -0.1) is 0 Å². The van der Waals surface area contributed by atoms with E-state index in [1.807, 2.05) is 13.8 Å². The highest BCUT2D eigenvalue weighted by atomic mass is 32.2. The standard InChI is InChI=1S/C20H19N3O4S/c1-14(2)27-16-8-10-17(11-9-16)28(25,26)23-20-18(12-21-13-22-20)19(24)15-6-4-3-5-7-15/h3-14H,1-2H3,(H,21,22,23). The lowest BCUT2D eigenvalue weighted by Gasteiger charge is -2.12. The number of benzene rings is 2. The number of aromatic nitrogens is 2. The van der Waals surface area contributed by atoms with Crippen molar-refractivity contribution in [3.63, 3.8) is 0 Å². The van der Waals surface area contributed by atoms with Gasteiger partial charge in [0.15, 0.2) is 11.6 Å². The van der Waals surface area contributed by atoms with Crippen LogP contribution in [-0.4, -0.2) is 30.3 Å². The maximum absolute atomic E-state index is 12.7. The summed E-state index contributed by atoms with van der Waals surface area (Å²) in [5.41, 5.74) is 0.477. The Kier molecular flexibility index (Phi) is 5.70. The molecular weight excluding hydrogens is 378 g/mol. The fourth-order valence-corrected chi connectivity index (χ4v) is 3.51. The number of nitrogens with zero attached hydrogens (tertiary/aromatic N) is 2. The summed E-state index contributed by atoms with van der Waals surface area (Å²) in [7, 11) is -3.94. The van der Waals surface area contributed by atoms with Crippen LogP contribution in [-0.2, 0) is 10.0 Å². The molecule has 0 atom stereocenters. The van der Waals surface area contributed by atoms with Crippen LogP contribution in [0.15, 0.2) is 72.0 Å². The molecule has 0 saturated heterocycles. The molecule has 3 aromatic rings. The van der Waals surface area contributed by atoms with E-state index in [2.05, 4.69) is 14.7 Å². The van der Waals surface area contributed by atoms with Gasteiger partial charge in [-0.2, -0.15) is 0 Å². The third-order valence-electron chi connectivity index (χ3n) is 3.73. The van der Waals surface area contributed by atoms with Crippen molar-refractivity contribution in [2.75, 3.05) is 4.72 Å². The summed E-state index contributed by atoms with van der Waals surface area (Å²) >= 11 is 0. The second kappa shape index (κ2) is 8.18. The second-order valence-corrected chi connectivity index (χ2v) is 7.91. The molecule has 0 fully saturated rings. The minimum Gasteiger partial charge on any atom is -0.491 e. The first-order valence-electron chi connectivity index (χ1n) is 8.56. The Balaban J connectivity index is 1.88. The molecule has 0 bridgehead atoms. The molecule has 0 unspecified atom stereocenters. The predicted octanol–water partition coefficient (Wildman–Crippen LogP) is 3.30. The predicted molar refractivity (Wildman–Crippen MR) is 105 cm³/mol. The molecule has 3 rings (SSSR count). The number of rotatable bonds is 7. The zero-order valence-electron chi connectivity index (χ0n) is 15.4. The van der Waals surface area contributed by atoms with Crippen LogP contribution in [0.5, 0.6) is 5.75 Å². The normalized spacial score (nSPS) is 11.2. The summed E-state index contributed by atoms with van der Waals surface area (Å²) in [5.74, 6) is 0.113. The van der Waals surface area contributed by atoms with Crippen molar-refractivity contribution in [2.24, 2.45) is 0 Å². The number of hydrogen-bond acceptors (Lipinski definition) is 6. The van der Waals surface area contributed by atoms with Crippen LogP contribution in [0, 0.1) is 0 Å². The van der Waals surface area contributed by atoms with Crippen molar-refractivity contribution in [3.8, 4) is 5.75 Å². The largest absolute Gasteiger partial charge is 0.491 e. The molecule has 0 amide bonds. The van der Waals surface area contributed by atoms with Gasteiger partial charge in [0, 0.05) is 11.8 Å². The third-order valence-corrected chi connectivity index (χ3v) is 5.08. The summed E-state index contributed by atoms with van der Waals surface area (Å²) in [6.07, 6.45) is 2.45. The van der Waals surface area contributed by atoms with E-state index in [4.69, 9.17) is 4.74 Å². The van der Waals surface area contributed by atoms with Gasteiger partial charge in [0.25, 0.3) is 10.0 Å². The summed E-state index contributed by atoms with van der Waals surface area (Å²) in [6.45, 7) is 3.76. The van der Waals surface area contributed by atoms with Crippen molar-refractivity contribution in [2.45, 2.75) is 24.8 Å². The van der Waals surface area contributed by atoms with Gasteiger partial charge in [0.2, 0.25) is 0 Å². The van der Waals surface area contributed by atoms with Crippen LogP contribution in [0.4, 0.5) is 5.82 Å². The van der Waals surface area contributed by atoms with Gasteiger partial charge in [-0.3, -0.25) is 9.52 Å². The third kappa shape index (κ3) is 4.52. The van der Waals surface area contributed by atoms with Crippen LogP contribution >= 0.6 is 0 Å². The number of anilines is 1. The quantitative estimate of drug-likeness (QED) is 0.614. The molecule has 0 aliphatic heterocycles. The van der Waals surface area contributed by atoms with Gasteiger partial charge in [0.1, 0.15) is 12.1 Å². The number of ketones is 1. The van der Waals surface area contributed by atoms with E-state index in [0.717, 1.165) is 0 Å². The summed E-state index contributed by atoms with van der Waals surface area (Å²) in [5, 5.41) is 0. The van der Waals surface area contributed by atoms with Crippen LogP contribution in [0.3, 0.4) is 0 Å². The van der Waals surface area contributed by atoms with Crippen LogP contribution < -0.4 is 9.46 Å². The molecule has 0 aliphatic rings. The number of sulfonamides is 1. The molecular formula is C20H19N3O4S. The van der Waals surface area contributed by atoms with E-state index in [1.54, 1.807) is 42.5 Å². The van der Waals surface area contributed by atoms with Crippen molar-refractivity contribution in [1.82, 2.24) is 9.97 Å². The van der Waals surface area contributed by atoms with Gasteiger partial charge >= 0.3 is 0 Å². The SMILES string of the molecule is CC(C)Oc1ccc(S(=O)(=O)Nc2ncncc2C(=O)c2ccccc2)cc1. The smallest absolute Gasteiger partial charge is 0.263 e. The molecule has 144 valence electrons. The lowest BCUT2D eigenvalue weighted by molar-refractivity contribution is 0.103. The van der Waals surface area contributed by atoms with Crippen LogP contribution in [0.25, 0.3) is 0 Å². The Hall–Kier alpha value is -3.26. The average molecular weight is 397 g/mol. The number of carbonyl (C=O) groups is 1. The minimum atomic E-state index is -3.94. The molecule has 28 heavy (non-hydrogen) atoms. The molecule has 1 heterocycles. The highest BCUT2D eigenvalue weighted by Gasteiger charge is 2.21. The Bertz CT molecular complexity index is 1070. The first-order valence-corrected chi connectivity index (χ1v) is 10.0. The van der Waals surface area contributed by atoms with Crippen molar-refractivity contribution < 1.29 is 17.9 Å². The zero-order valence-corrected chi connectivity index (χ0v) is 16.2. The lowest BCUT2D eigenvalue weighted by atomic mass is 10.1. The van der Waals surface area contributed by atoms with Gasteiger partial charge in [-0.05, 0) is 38.1 Å². The highest BCUT2D eigenvalue weighted by molar-refractivity contribution is 7.92. The molecule has 0 aliphatic carbocycles. The summed E-state index contributed by atoms with van der Waals surface area (Å²) in [6, 6.07) is 14.5. The Morgan fingerprint density at radius 3 is 2.36 bits per heavy atom. The van der Waals surface area contributed by atoms with Crippen molar-refractivity contribution >= 4 is 21.6 Å². The Morgan fingerprint density at radius 2 is 1.71 bits per heavy atom. The van der Waals surface area contributed by atoms with E-state index < -0.39 is 10.0 Å². The van der Waals surface area contributed by atoms with E-state index in [-0.39, 0.29) is 28.2 Å². The monoisotopic (exact) mass is 397 g/mol. The molecule has 0 spiro atoms. The maximum Gasteiger partial charge on any atom is 0.263 e. The van der Waals surface area contributed by atoms with Crippen LogP contribution in [0.2, 0.25) is 0 Å². The van der Waals surface area contributed by atoms with E-state index in [9.17, 15) is 13.2 Å². The summed E-state index contributed by atoms with van der Waals surface area (Å²) < 4.78 is 33.3. The maximum atomic E-state index is 12.7. The van der Waals surface area contributed by atoms with E-state index >= 15 is 0 Å². The highest BCUT2D eigenvalue weighted by Crippen LogP contribution is 2.22. The topological polar surface area (TPSA) is 98.2 Å². The first kappa shape index (κ1) is 19.5. The molecule has 1 N–H and O–H groups in total. The number of ether oxygens (including phenoxy) is 1. The molecule has 7 nitrogen and oxygen atoms in total. The van der Waals surface area contributed by atoms with Gasteiger partial charge in [-0.25, -0.2) is 18.4 Å². The van der Waals surface area contributed by atoms with Crippen molar-refractivity contribution in [1.29, 1.82) is 0 Å². The Labute approximate surface area is 163 Å². The zero-order chi connectivity index (χ0) is 20.1. The van der Waals surface area contributed by atoms with Crippen molar-refractivity contribution in [3.05, 3.63) is 78.2 Å². The lowest BCUT2D eigenvalue weighted by Crippen LogP contribution is -2.17.